The highest BCUT2D eigenvalue weighted by atomic mass is 14.9. The molecule has 3 rings (SSSR count). The molecule has 3 aromatic rings. The molecule has 0 amide bonds. The summed E-state index contributed by atoms with van der Waals surface area (Å²) in [7, 11) is 0. The van der Waals surface area contributed by atoms with Gasteiger partial charge in [0.15, 0.2) is 0 Å². The van der Waals surface area contributed by atoms with Gasteiger partial charge in [-0.2, -0.15) is 0 Å². The summed E-state index contributed by atoms with van der Waals surface area (Å²) in [5.41, 5.74) is 2.63. The summed E-state index contributed by atoms with van der Waals surface area (Å²) in [6.45, 7) is 2.05. The Balaban J connectivity index is 1.50. The molecule has 0 spiro atoms. The van der Waals surface area contributed by atoms with Crippen LogP contribution in [0.5, 0.6) is 0 Å². The van der Waals surface area contributed by atoms with E-state index >= 15 is 0 Å². The van der Waals surface area contributed by atoms with Crippen molar-refractivity contribution in [2.45, 2.75) is 39.0 Å². The third kappa shape index (κ3) is 3.52. The van der Waals surface area contributed by atoms with Crippen LogP contribution in [-0.2, 0) is 12.8 Å². The van der Waals surface area contributed by atoms with Crippen LogP contribution in [0.1, 0.15) is 36.3 Å². The molecule has 2 aromatic carbocycles. The highest BCUT2D eigenvalue weighted by molar-refractivity contribution is 5.85. The number of aromatic nitrogens is 2. The Morgan fingerprint density at radius 2 is 1.71 bits per heavy atom. The monoisotopic (exact) mass is 278 g/mol. The molecule has 0 atom stereocenters. The molecule has 0 unspecified atom stereocenters. The molecule has 1 N–H and O–H groups in total. The van der Waals surface area contributed by atoms with Crippen molar-refractivity contribution in [1.29, 1.82) is 0 Å². The lowest BCUT2D eigenvalue weighted by Gasteiger charge is -2.06. The zero-order chi connectivity index (χ0) is 14.5. The van der Waals surface area contributed by atoms with Gasteiger partial charge in [-0.1, -0.05) is 48.9 Å². The first kappa shape index (κ1) is 13.9. The first-order valence-corrected chi connectivity index (χ1v) is 7.80. The van der Waals surface area contributed by atoms with E-state index in [0.29, 0.717) is 0 Å². The number of hydrogen-bond donors (Lipinski definition) is 1. The summed E-state index contributed by atoms with van der Waals surface area (Å²) in [5, 5.41) is 2.75. The number of benzene rings is 2. The zero-order valence-corrected chi connectivity index (χ0v) is 12.6. The van der Waals surface area contributed by atoms with E-state index in [9.17, 15) is 0 Å². The third-order valence-electron chi connectivity index (χ3n) is 4.00. The lowest BCUT2D eigenvalue weighted by Crippen LogP contribution is -1.91. The van der Waals surface area contributed by atoms with Crippen molar-refractivity contribution >= 4 is 10.8 Å². The van der Waals surface area contributed by atoms with Gasteiger partial charge in [0.25, 0.3) is 0 Å². The SMILES string of the molecule is Cc1cnc(CCCCCc2cccc3ccccc23)[nH]1. The first-order valence-electron chi connectivity index (χ1n) is 7.80. The number of rotatable bonds is 6. The average Bonchev–Trinajstić information content (AvgIpc) is 2.92. The highest BCUT2D eigenvalue weighted by Gasteiger charge is 2.01. The number of aryl methyl sites for hydroxylation is 3. The number of H-pyrrole nitrogens is 1. The molecule has 0 bridgehead atoms. The van der Waals surface area contributed by atoms with Gasteiger partial charge >= 0.3 is 0 Å². The zero-order valence-electron chi connectivity index (χ0n) is 12.6. The Morgan fingerprint density at radius 3 is 2.57 bits per heavy atom. The molecule has 2 nitrogen and oxygen atoms in total. The summed E-state index contributed by atoms with van der Waals surface area (Å²) >= 11 is 0. The number of fused-ring (bicyclic) bond motifs is 1. The van der Waals surface area contributed by atoms with Crippen molar-refractivity contribution < 1.29 is 0 Å². The second-order valence-electron chi connectivity index (χ2n) is 5.71. The van der Waals surface area contributed by atoms with Crippen LogP contribution in [0.15, 0.2) is 48.7 Å². The van der Waals surface area contributed by atoms with Gasteiger partial charge in [-0.3, -0.25) is 0 Å². The second-order valence-corrected chi connectivity index (χ2v) is 5.71. The molecule has 1 heterocycles. The van der Waals surface area contributed by atoms with Crippen molar-refractivity contribution in [1.82, 2.24) is 9.97 Å². The highest BCUT2D eigenvalue weighted by Crippen LogP contribution is 2.20. The number of nitrogens with one attached hydrogen (secondary N) is 1. The molecule has 0 saturated heterocycles. The molecule has 2 heteroatoms. The van der Waals surface area contributed by atoms with Crippen LogP contribution < -0.4 is 0 Å². The molecule has 0 aliphatic carbocycles. The van der Waals surface area contributed by atoms with Gasteiger partial charge in [0.1, 0.15) is 5.82 Å². The van der Waals surface area contributed by atoms with Crippen LogP contribution in [0.25, 0.3) is 10.8 Å². The van der Waals surface area contributed by atoms with E-state index in [4.69, 9.17) is 0 Å². The minimum atomic E-state index is 1.06. The van der Waals surface area contributed by atoms with Crippen LogP contribution in [0.3, 0.4) is 0 Å². The van der Waals surface area contributed by atoms with Crippen LogP contribution in [-0.4, -0.2) is 9.97 Å². The average molecular weight is 278 g/mol. The van der Waals surface area contributed by atoms with Crippen molar-refractivity contribution in [3.63, 3.8) is 0 Å². The van der Waals surface area contributed by atoms with Gasteiger partial charge in [-0.15, -0.1) is 0 Å². The maximum absolute atomic E-state index is 4.36. The maximum atomic E-state index is 4.36. The molecule has 108 valence electrons. The number of imidazole rings is 1. The quantitative estimate of drug-likeness (QED) is 0.643. The Hall–Kier alpha value is -2.09. The smallest absolute Gasteiger partial charge is 0.106 e. The summed E-state index contributed by atoms with van der Waals surface area (Å²) in [6, 6.07) is 15.3. The van der Waals surface area contributed by atoms with Gasteiger partial charge in [0.2, 0.25) is 0 Å². The molecular weight excluding hydrogens is 256 g/mol. The van der Waals surface area contributed by atoms with E-state index in [1.165, 1.54) is 42.0 Å². The van der Waals surface area contributed by atoms with Crippen molar-refractivity contribution in [2.75, 3.05) is 0 Å². The molecule has 0 aliphatic rings. The molecule has 1 aromatic heterocycles. The third-order valence-corrected chi connectivity index (χ3v) is 4.00. The molecule has 0 fully saturated rings. The number of unbranched alkanes of at least 4 members (excludes halogenated alkanes) is 2. The van der Waals surface area contributed by atoms with Crippen LogP contribution in [0.4, 0.5) is 0 Å². The van der Waals surface area contributed by atoms with Crippen LogP contribution >= 0.6 is 0 Å². The van der Waals surface area contributed by atoms with Gasteiger partial charge in [-0.25, -0.2) is 4.98 Å². The molecule has 21 heavy (non-hydrogen) atoms. The molecule has 0 aliphatic heterocycles. The summed E-state index contributed by atoms with van der Waals surface area (Å²) in [4.78, 5) is 7.65. The molecular formula is C19H22N2. The topological polar surface area (TPSA) is 28.7 Å². The summed E-state index contributed by atoms with van der Waals surface area (Å²) < 4.78 is 0. The standard InChI is InChI=1S/C19H22N2/c1-15-14-20-19(21-15)13-4-2-3-8-16-10-7-11-17-9-5-6-12-18(16)17/h5-7,9-12,14H,2-4,8,13H2,1H3,(H,20,21). The van der Waals surface area contributed by atoms with E-state index in [2.05, 4.69) is 59.4 Å². The lowest BCUT2D eigenvalue weighted by atomic mass is 9.99. The fraction of sp³-hybridized carbons (Fsp3) is 0.316. The fourth-order valence-corrected chi connectivity index (χ4v) is 2.89. The van der Waals surface area contributed by atoms with Crippen LogP contribution in [0, 0.1) is 6.92 Å². The van der Waals surface area contributed by atoms with E-state index in [0.717, 1.165) is 17.9 Å². The first-order chi connectivity index (χ1) is 10.3. The van der Waals surface area contributed by atoms with Crippen molar-refractivity contribution in [2.24, 2.45) is 0 Å². The van der Waals surface area contributed by atoms with E-state index in [1.807, 2.05) is 6.20 Å². The molecule has 0 radical (unpaired) electrons. The van der Waals surface area contributed by atoms with Gasteiger partial charge in [-0.05, 0) is 42.5 Å². The van der Waals surface area contributed by atoms with E-state index in [-0.39, 0.29) is 0 Å². The Bertz CT molecular complexity index is 707. The minimum absolute atomic E-state index is 1.06. The Morgan fingerprint density at radius 1 is 0.905 bits per heavy atom. The maximum Gasteiger partial charge on any atom is 0.106 e. The predicted molar refractivity (Wildman–Crippen MR) is 88.5 cm³/mol. The Labute approximate surface area is 126 Å². The summed E-state index contributed by atoms with van der Waals surface area (Å²) in [5.74, 6) is 1.12. The number of nitrogens with zero attached hydrogens (tertiary/aromatic N) is 1. The number of aromatic amines is 1. The fourth-order valence-electron chi connectivity index (χ4n) is 2.89. The largest absolute Gasteiger partial charge is 0.346 e. The Kier molecular flexibility index (Phi) is 4.34. The predicted octanol–water partition coefficient (Wildman–Crippen LogP) is 4.83. The van der Waals surface area contributed by atoms with E-state index < -0.39 is 0 Å². The van der Waals surface area contributed by atoms with Crippen LogP contribution in [0.2, 0.25) is 0 Å². The van der Waals surface area contributed by atoms with Gasteiger partial charge in [0, 0.05) is 18.3 Å². The van der Waals surface area contributed by atoms with Gasteiger partial charge < -0.3 is 4.98 Å². The van der Waals surface area contributed by atoms with Crippen molar-refractivity contribution in [3.05, 3.63) is 65.7 Å². The van der Waals surface area contributed by atoms with Gasteiger partial charge in [0.05, 0.1) is 0 Å². The normalized spacial score (nSPS) is 11.1. The molecule has 0 saturated carbocycles. The lowest BCUT2D eigenvalue weighted by molar-refractivity contribution is 0.666. The van der Waals surface area contributed by atoms with E-state index in [1.54, 1.807) is 0 Å². The number of hydrogen-bond acceptors (Lipinski definition) is 1. The van der Waals surface area contributed by atoms with Crippen molar-refractivity contribution in [3.8, 4) is 0 Å². The minimum Gasteiger partial charge on any atom is -0.346 e. The second kappa shape index (κ2) is 6.57. The summed E-state index contributed by atoms with van der Waals surface area (Å²) in [6.07, 6.45) is 7.84.